The van der Waals surface area contributed by atoms with E-state index < -0.39 is 27.9 Å². The predicted octanol–water partition coefficient (Wildman–Crippen LogP) is 1.29. The van der Waals surface area contributed by atoms with E-state index >= 15 is 0 Å². The molecule has 1 rings (SSSR count). The van der Waals surface area contributed by atoms with Gasteiger partial charge in [0.15, 0.2) is 4.98 Å². The fourth-order valence-corrected chi connectivity index (χ4v) is 0.800. The number of nitrogens with zero attached hydrogens (tertiary/aromatic N) is 3. The van der Waals surface area contributed by atoms with E-state index in [1.54, 1.807) is 0 Å². The summed E-state index contributed by atoms with van der Waals surface area (Å²) in [4.78, 5) is 11.6. The molecule has 0 spiro atoms. The first-order chi connectivity index (χ1) is 6.06. The van der Waals surface area contributed by atoms with Crippen molar-refractivity contribution in [2.75, 3.05) is 0 Å². The van der Waals surface area contributed by atoms with Crippen LogP contribution in [-0.4, -0.2) is 4.92 Å². The molecule has 0 amide bonds. The highest BCUT2D eigenvalue weighted by molar-refractivity contribution is 5.69. The number of halogens is 1. The SMILES string of the molecule is N#[N+]c1c([O-])cc(F)cc1[N+](=O)[O-]. The van der Waals surface area contributed by atoms with Gasteiger partial charge >= 0.3 is 11.4 Å². The molecule has 0 saturated heterocycles. The van der Waals surface area contributed by atoms with Gasteiger partial charge in [0.25, 0.3) is 0 Å². The van der Waals surface area contributed by atoms with E-state index in [1.165, 1.54) is 0 Å². The molecular weight excluding hydrogens is 181 g/mol. The van der Waals surface area contributed by atoms with E-state index in [0.717, 1.165) is 0 Å². The number of benzene rings is 1. The van der Waals surface area contributed by atoms with Crippen LogP contribution in [0.1, 0.15) is 0 Å². The lowest BCUT2D eigenvalue weighted by Gasteiger charge is -1.99. The lowest BCUT2D eigenvalue weighted by molar-refractivity contribution is -0.384. The van der Waals surface area contributed by atoms with Crippen LogP contribution in [0.3, 0.4) is 0 Å². The molecule has 0 bridgehead atoms. The van der Waals surface area contributed by atoms with Gasteiger partial charge in [0, 0.05) is 5.75 Å². The zero-order valence-corrected chi connectivity index (χ0v) is 6.10. The van der Waals surface area contributed by atoms with E-state index in [9.17, 15) is 19.6 Å². The normalized spacial score (nSPS) is 9.23. The van der Waals surface area contributed by atoms with Gasteiger partial charge in [-0.1, -0.05) is 0 Å². The van der Waals surface area contributed by atoms with E-state index in [0.29, 0.717) is 12.1 Å². The molecule has 0 aliphatic heterocycles. The third-order valence-corrected chi connectivity index (χ3v) is 1.32. The Morgan fingerprint density at radius 2 is 2.15 bits per heavy atom. The van der Waals surface area contributed by atoms with Crippen LogP contribution in [0.4, 0.5) is 15.8 Å². The van der Waals surface area contributed by atoms with Crippen molar-refractivity contribution < 1.29 is 14.4 Å². The Labute approximate surface area is 71.0 Å². The Morgan fingerprint density at radius 1 is 1.54 bits per heavy atom. The molecule has 0 heterocycles. The third-order valence-electron chi connectivity index (χ3n) is 1.32. The Hall–Kier alpha value is -2.23. The highest BCUT2D eigenvalue weighted by Crippen LogP contribution is 2.35. The molecule has 0 aromatic heterocycles. The van der Waals surface area contributed by atoms with Crippen LogP contribution in [0.15, 0.2) is 12.1 Å². The summed E-state index contributed by atoms with van der Waals surface area (Å²) < 4.78 is 12.5. The Bertz CT molecular complexity index is 412. The third kappa shape index (κ3) is 1.51. The Balaban J connectivity index is 3.50. The smallest absolute Gasteiger partial charge is 0.453 e. The molecule has 0 N–H and O–H groups in total. The first-order valence-corrected chi connectivity index (χ1v) is 3.06. The summed E-state index contributed by atoms with van der Waals surface area (Å²) in [6, 6.07) is 1.01. The summed E-state index contributed by atoms with van der Waals surface area (Å²) >= 11 is 0. The fourth-order valence-electron chi connectivity index (χ4n) is 0.800. The minimum atomic E-state index is -1.04. The topological polar surface area (TPSA) is 94.3 Å². The number of diazo groups is 1. The van der Waals surface area contributed by atoms with Gasteiger partial charge in [-0.3, -0.25) is 10.1 Å². The molecule has 13 heavy (non-hydrogen) atoms. The zero-order valence-electron chi connectivity index (χ0n) is 6.10. The van der Waals surface area contributed by atoms with Crippen LogP contribution in [-0.2, 0) is 0 Å². The van der Waals surface area contributed by atoms with Crippen molar-refractivity contribution in [3.8, 4) is 5.75 Å². The second-order valence-electron chi connectivity index (χ2n) is 2.13. The monoisotopic (exact) mass is 183 g/mol. The molecule has 1 aromatic rings. The van der Waals surface area contributed by atoms with E-state index in [-0.39, 0.29) is 0 Å². The van der Waals surface area contributed by atoms with E-state index in [1.807, 2.05) is 0 Å². The number of hydrogen-bond acceptors (Lipinski definition) is 4. The highest BCUT2D eigenvalue weighted by atomic mass is 19.1. The van der Waals surface area contributed by atoms with Gasteiger partial charge in [-0.25, -0.2) is 4.39 Å². The zero-order chi connectivity index (χ0) is 10.0. The van der Waals surface area contributed by atoms with Crippen molar-refractivity contribution in [2.45, 2.75) is 0 Å². The van der Waals surface area contributed by atoms with E-state index in [4.69, 9.17) is 5.39 Å². The first kappa shape index (κ1) is 8.86. The summed E-state index contributed by atoms with van der Waals surface area (Å²) in [6.45, 7) is 0. The van der Waals surface area contributed by atoms with E-state index in [2.05, 4.69) is 4.98 Å². The number of nitro groups is 1. The van der Waals surface area contributed by atoms with Gasteiger partial charge < -0.3 is 5.11 Å². The molecule has 0 saturated carbocycles. The molecule has 7 heteroatoms. The molecule has 0 atom stereocenters. The predicted molar refractivity (Wildman–Crippen MR) is 37.2 cm³/mol. The van der Waals surface area contributed by atoms with Gasteiger partial charge in [0.1, 0.15) is 5.82 Å². The molecular formula is C6H2FN3O3. The summed E-state index contributed by atoms with van der Waals surface area (Å²) in [5.41, 5.74) is -1.63. The molecule has 0 aliphatic rings. The lowest BCUT2D eigenvalue weighted by atomic mass is 10.2. The summed E-state index contributed by atoms with van der Waals surface area (Å²) in [6.07, 6.45) is 0. The number of nitro benzene ring substituents is 1. The van der Waals surface area contributed by atoms with Gasteiger partial charge in [-0.15, -0.1) is 0 Å². The number of rotatable bonds is 1. The lowest BCUT2D eigenvalue weighted by Crippen LogP contribution is -1.95. The second kappa shape index (κ2) is 3.02. The van der Waals surface area contributed by atoms with Gasteiger partial charge in [0.2, 0.25) is 5.39 Å². The largest absolute Gasteiger partial charge is 0.867 e. The van der Waals surface area contributed by atoms with Crippen LogP contribution in [0.25, 0.3) is 4.98 Å². The maximum atomic E-state index is 12.5. The second-order valence-corrected chi connectivity index (χ2v) is 2.13. The first-order valence-electron chi connectivity index (χ1n) is 3.06. The average Bonchev–Trinajstić information content (AvgIpc) is 2.02. The Kier molecular flexibility index (Phi) is 2.06. The van der Waals surface area contributed by atoms with Crippen LogP contribution >= 0.6 is 0 Å². The molecule has 0 radical (unpaired) electrons. The van der Waals surface area contributed by atoms with Crippen molar-refractivity contribution in [3.05, 3.63) is 33.0 Å². The number of hydrogen-bond donors (Lipinski definition) is 0. The van der Waals surface area contributed by atoms with Crippen LogP contribution < -0.4 is 5.11 Å². The fraction of sp³-hybridized carbons (Fsp3) is 0. The van der Waals surface area contributed by atoms with Crippen molar-refractivity contribution in [3.63, 3.8) is 0 Å². The highest BCUT2D eigenvalue weighted by Gasteiger charge is 2.26. The quantitative estimate of drug-likeness (QED) is 0.372. The van der Waals surface area contributed by atoms with Crippen molar-refractivity contribution in [1.82, 2.24) is 0 Å². The molecule has 1 aromatic carbocycles. The minimum absolute atomic E-state index is 0.502. The van der Waals surface area contributed by atoms with Crippen LogP contribution in [0, 0.1) is 21.3 Å². The summed E-state index contributed by atoms with van der Waals surface area (Å²) in [5, 5.41) is 29.2. The maximum absolute atomic E-state index is 12.5. The van der Waals surface area contributed by atoms with Gasteiger partial charge in [-0.2, -0.15) is 0 Å². The molecule has 6 nitrogen and oxygen atoms in total. The molecule has 0 fully saturated rings. The maximum Gasteiger partial charge on any atom is 0.453 e. The van der Waals surface area contributed by atoms with Crippen LogP contribution in [0.5, 0.6) is 5.75 Å². The van der Waals surface area contributed by atoms with Crippen molar-refractivity contribution in [2.24, 2.45) is 0 Å². The van der Waals surface area contributed by atoms with Crippen molar-refractivity contribution in [1.29, 1.82) is 5.39 Å². The van der Waals surface area contributed by atoms with Crippen molar-refractivity contribution >= 4 is 11.4 Å². The summed E-state index contributed by atoms with van der Waals surface area (Å²) in [7, 11) is 0. The summed E-state index contributed by atoms with van der Waals surface area (Å²) in [5.74, 6) is -2.07. The van der Waals surface area contributed by atoms with Crippen LogP contribution in [0.2, 0.25) is 0 Å². The standard InChI is InChI=1S/C6H2FN3O3/c7-3-1-4(10(12)13)6(9-8)5(11)2-3/h1-2H. The minimum Gasteiger partial charge on any atom is -0.867 e. The average molecular weight is 183 g/mol. The van der Waals surface area contributed by atoms with Gasteiger partial charge in [-0.05, 0) is 6.07 Å². The Morgan fingerprint density at radius 3 is 2.62 bits per heavy atom. The van der Waals surface area contributed by atoms with Gasteiger partial charge in [0.05, 0.1) is 11.0 Å². The molecule has 0 unspecified atom stereocenters. The molecule has 0 aliphatic carbocycles. The molecule has 66 valence electrons.